The lowest BCUT2D eigenvalue weighted by molar-refractivity contribution is -0.136. The van der Waals surface area contributed by atoms with Gasteiger partial charge in [-0.1, -0.05) is 24.3 Å². The second kappa shape index (κ2) is 9.68. The van der Waals surface area contributed by atoms with Crippen LogP contribution in [0.4, 0.5) is 24.5 Å². The Kier molecular flexibility index (Phi) is 7.15. The Bertz CT molecular complexity index is 1200. The zero-order chi connectivity index (χ0) is 24.3. The molecule has 0 radical (unpaired) electrons. The van der Waals surface area contributed by atoms with Crippen LogP contribution < -0.4 is 15.4 Å². The van der Waals surface area contributed by atoms with Crippen LogP contribution >= 0.6 is 0 Å². The van der Waals surface area contributed by atoms with Gasteiger partial charge in [0.25, 0.3) is 5.56 Å². The average molecular weight is 460 g/mol. The first kappa shape index (κ1) is 24.4. The van der Waals surface area contributed by atoms with Crippen LogP contribution in [-0.2, 0) is 24.4 Å². The van der Waals surface area contributed by atoms with Crippen LogP contribution in [0.15, 0.2) is 53.3 Å². The minimum Gasteiger partial charge on any atom is -0.371 e. The van der Waals surface area contributed by atoms with Gasteiger partial charge >= 0.3 is 6.18 Å². The van der Waals surface area contributed by atoms with E-state index < -0.39 is 17.3 Å². The number of carbonyl (C=O) groups excluding carboxylic acids is 1. The van der Waals surface area contributed by atoms with Gasteiger partial charge in [-0.25, -0.2) is 0 Å². The highest BCUT2D eigenvalue weighted by Gasteiger charge is 2.36. The van der Waals surface area contributed by atoms with Gasteiger partial charge in [0, 0.05) is 37.8 Å². The number of amides is 1. The maximum Gasteiger partial charge on any atom is 0.417 e. The van der Waals surface area contributed by atoms with Crippen LogP contribution in [0.3, 0.4) is 0 Å². The molecule has 0 unspecified atom stereocenters. The largest absolute Gasteiger partial charge is 0.417 e. The molecule has 3 aromatic rings. The lowest BCUT2D eigenvalue weighted by atomic mass is 9.99. The number of hydrogen-bond acceptors (Lipinski definition) is 3. The van der Waals surface area contributed by atoms with Gasteiger partial charge < -0.3 is 14.4 Å². The van der Waals surface area contributed by atoms with E-state index >= 15 is 0 Å². The molecule has 0 aliphatic carbocycles. The zero-order valence-electron chi connectivity index (χ0n) is 19.2. The summed E-state index contributed by atoms with van der Waals surface area (Å²) in [5.74, 6) is -0.349. The minimum atomic E-state index is -4.61. The molecule has 3 rings (SSSR count). The van der Waals surface area contributed by atoms with E-state index in [1.54, 1.807) is 29.2 Å². The van der Waals surface area contributed by atoms with Gasteiger partial charge in [-0.05, 0) is 45.0 Å². The molecule has 0 fully saturated rings. The number of rotatable bonds is 7. The van der Waals surface area contributed by atoms with Gasteiger partial charge in [-0.2, -0.15) is 13.2 Å². The summed E-state index contributed by atoms with van der Waals surface area (Å²) in [5.41, 5.74) is -0.178. The van der Waals surface area contributed by atoms with Gasteiger partial charge in [0.15, 0.2) is 0 Å². The summed E-state index contributed by atoms with van der Waals surface area (Å²) < 4.78 is 43.3. The van der Waals surface area contributed by atoms with E-state index in [0.29, 0.717) is 25.3 Å². The van der Waals surface area contributed by atoms with Gasteiger partial charge in [0.1, 0.15) is 0 Å². The predicted octanol–water partition coefficient (Wildman–Crippen LogP) is 5.00. The second-order valence-corrected chi connectivity index (χ2v) is 7.71. The molecule has 2 aromatic carbocycles. The molecule has 0 saturated carbocycles. The highest BCUT2D eigenvalue weighted by atomic mass is 19.4. The van der Waals surface area contributed by atoms with Crippen LogP contribution in [0.5, 0.6) is 0 Å². The number of aryl methyl sites for hydroxylation is 1. The number of carbonyl (C=O) groups is 1. The van der Waals surface area contributed by atoms with Gasteiger partial charge in [-0.3, -0.25) is 9.59 Å². The van der Waals surface area contributed by atoms with Crippen molar-refractivity contribution in [3.05, 3.63) is 70.0 Å². The van der Waals surface area contributed by atoms with Gasteiger partial charge in [0.05, 0.1) is 28.8 Å². The SMILES string of the molecule is CCN(CC)c1c(CC(=O)N(CC)c2ccccc2)c(=O)n(C)c2cccc(C(F)(F)F)c12. The molecule has 176 valence electrons. The minimum absolute atomic E-state index is 0.0543. The molecule has 8 heteroatoms. The molecule has 0 aliphatic heterocycles. The summed E-state index contributed by atoms with van der Waals surface area (Å²) in [5, 5.41) is -0.0543. The fourth-order valence-electron chi connectivity index (χ4n) is 4.27. The molecule has 0 bridgehead atoms. The molecule has 0 spiro atoms. The molecule has 5 nitrogen and oxygen atoms in total. The monoisotopic (exact) mass is 459 g/mol. The molecule has 0 aliphatic rings. The number of pyridine rings is 1. The number of fused-ring (bicyclic) bond motifs is 1. The molecule has 0 atom stereocenters. The van der Waals surface area contributed by atoms with Crippen molar-refractivity contribution in [3.8, 4) is 0 Å². The number of para-hydroxylation sites is 1. The fraction of sp³-hybridized carbons (Fsp3) is 0.360. The summed E-state index contributed by atoms with van der Waals surface area (Å²) in [6, 6.07) is 12.8. The van der Waals surface area contributed by atoms with E-state index in [9.17, 15) is 22.8 Å². The Balaban J connectivity index is 2.31. The number of anilines is 2. The standard InChI is InChI=1S/C25H28F3N3O2/c1-5-30(6-2)23-18(16-21(32)31(7-3)17-12-9-8-10-13-17)24(33)29(4)20-15-11-14-19(22(20)23)25(26,27)28/h8-15H,5-7,16H2,1-4H3. The third-order valence-electron chi connectivity index (χ3n) is 5.89. The van der Waals surface area contributed by atoms with Crippen molar-refractivity contribution in [2.24, 2.45) is 7.05 Å². The van der Waals surface area contributed by atoms with E-state index in [1.807, 2.05) is 26.8 Å². The van der Waals surface area contributed by atoms with Crippen molar-refractivity contribution in [2.45, 2.75) is 33.4 Å². The zero-order valence-corrected chi connectivity index (χ0v) is 19.2. The Labute approximate surface area is 191 Å². The van der Waals surface area contributed by atoms with Gasteiger partial charge in [-0.15, -0.1) is 0 Å². The van der Waals surface area contributed by atoms with Crippen LogP contribution in [-0.4, -0.2) is 30.1 Å². The number of benzene rings is 2. The quantitative estimate of drug-likeness (QED) is 0.500. The third-order valence-corrected chi connectivity index (χ3v) is 5.89. The molecule has 1 aromatic heterocycles. The Morgan fingerprint density at radius 1 is 0.939 bits per heavy atom. The van der Waals surface area contributed by atoms with E-state index in [2.05, 4.69) is 0 Å². The normalized spacial score (nSPS) is 11.6. The molecule has 33 heavy (non-hydrogen) atoms. The fourth-order valence-corrected chi connectivity index (χ4v) is 4.27. The molecule has 0 N–H and O–H groups in total. The molecule has 1 amide bonds. The average Bonchev–Trinajstić information content (AvgIpc) is 2.80. The highest BCUT2D eigenvalue weighted by molar-refractivity contribution is 6.01. The van der Waals surface area contributed by atoms with Crippen molar-refractivity contribution >= 4 is 28.2 Å². The van der Waals surface area contributed by atoms with Crippen LogP contribution in [0.25, 0.3) is 10.9 Å². The number of likely N-dealkylation sites (N-methyl/N-ethyl adjacent to an activating group) is 1. The third kappa shape index (κ3) is 4.60. The smallest absolute Gasteiger partial charge is 0.371 e. The lowest BCUT2D eigenvalue weighted by Crippen LogP contribution is -2.36. The van der Waals surface area contributed by atoms with Crippen LogP contribution in [0.2, 0.25) is 0 Å². The number of alkyl halides is 3. The lowest BCUT2D eigenvalue weighted by Gasteiger charge is -2.29. The summed E-state index contributed by atoms with van der Waals surface area (Å²) in [4.78, 5) is 29.9. The Morgan fingerprint density at radius 2 is 1.58 bits per heavy atom. The number of hydrogen-bond donors (Lipinski definition) is 0. The van der Waals surface area contributed by atoms with Crippen molar-refractivity contribution in [1.29, 1.82) is 0 Å². The summed E-state index contributed by atoms with van der Waals surface area (Å²) in [7, 11) is 1.44. The van der Waals surface area contributed by atoms with E-state index in [4.69, 9.17) is 0 Å². The Hall–Kier alpha value is -3.29. The first-order chi connectivity index (χ1) is 15.6. The highest BCUT2D eigenvalue weighted by Crippen LogP contribution is 2.40. The summed E-state index contributed by atoms with van der Waals surface area (Å²) >= 11 is 0. The molecule has 1 heterocycles. The van der Waals surface area contributed by atoms with E-state index in [0.717, 1.165) is 6.07 Å². The van der Waals surface area contributed by atoms with Gasteiger partial charge in [0.2, 0.25) is 5.91 Å². The van der Waals surface area contributed by atoms with Crippen LogP contribution in [0, 0.1) is 0 Å². The first-order valence-corrected chi connectivity index (χ1v) is 11.0. The van der Waals surface area contributed by atoms with Crippen molar-refractivity contribution in [2.75, 3.05) is 29.4 Å². The van der Waals surface area contributed by atoms with E-state index in [1.165, 1.54) is 28.6 Å². The summed E-state index contributed by atoms with van der Waals surface area (Å²) in [6.45, 7) is 6.60. The summed E-state index contributed by atoms with van der Waals surface area (Å²) in [6.07, 6.45) is -4.91. The van der Waals surface area contributed by atoms with Crippen molar-refractivity contribution in [1.82, 2.24) is 4.57 Å². The maximum atomic E-state index is 14.0. The molecular weight excluding hydrogens is 431 g/mol. The first-order valence-electron chi connectivity index (χ1n) is 11.0. The van der Waals surface area contributed by atoms with Crippen molar-refractivity contribution in [3.63, 3.8) is 0 Å². The number of halogens is 3. The molecule has 0 saturated heterocycles. The number of nitrogens with zero attached hydrogens (tertiary/aromatic N) is 3. The van der Waals surface area contributed by atoms with E-state index in [-0.39, 0.29) is 34.5 Å². The molecular formula is C25H28F3N3O2. The maximum absolute atomic E-state index is 14.0. The van der Waals surface area contributed by atoms with Crippen molar-refractivity contribution < 1.29 is 18.0 Å². The predicted molar refractivity (Wildman–Crippen MR) is 126 cm³/mol. The second-order valence-electron chi connectivity index (χ2n) is 7.71. The Morgan fingerprint density at radius 3 is 2.12 bits per heavy atom. The topological polar surface area (TPSA) is 45.6 Å². The van der Waals surface area contributed by atoms with Crippen LogP contribution in [0.1, 0.15) is 31.9 Å². The number of aromatic nitrogens is 1.